The van der Waals surface area contributed by atoms with Gasteiger partial charge in [0.15, 0.2) is 0 Å². The molecule has 0 radical (unpaired) electrons. The van der Waals surface area contributed by atoms with Crippen LogP contribution >= 0.6 is 0 Å². The van der Waals surface area contributed by atoms with E-state index in [4.69, 9.17) is 0 Å². The van der Waals surface area contributed by atoms with Crippen molar-refractivity contribution in [3.8, 4) is 0 Å². The van der Waals surface area contributed by atoms with Gasteiger partial charge in [0.2, 0.25) is 0 Å². The summed E-state index contributed by atoms with van der Waals surface area (Å²) in [6, 6.07) is 4.68. The molecule has 22 heavy (non-hydrogen) atoms. The Bertz CT molecular complexity index is 633. The number of hydrogen-bond donors (Lipinski definition) is 1. The van der Waals surface area contributed by atoms with Gasteiger partial charge in [0, 0.05) is 19.2 Å². The van der Waals surface area contributed by atoms with Crippen LogP contribution in [0.1, 0.15) is 63.2 Å². The third-order valence-electron chi connectivity index (χ3n) is 4.66. The Balaban J connectivity index is 1.64. The second kappa shape index (κ2) is 5.91. The Morgan fingerprint density at radius 1 is 1.18 bits per heavy atom. The lowest BCUT2D eigenvalue weighted by Gasteiger charge is -2.10. The number of benzene rings is 1. The molecule has 2 aliphatic rings. The molecule has 1 aromatic rings. The highest BCUT2D eigenvalue weighted by Crippen LogP contribution is 2.27. The van der Waals surface area contributed by atoms with Crippen molar-refractivity contribution >= 4 is 17.7 Å². The van der Waals surface area contributed by atoms with Gasteiger partial charge >= 0.3 is 0 Å². The monoisotopic (exact) mass is 300 g/mol. The first-order chi connectivity index (χ1) is 10.6. The zero-order valence-electron chi connectivity index (χ0n) is 12.7. The van der Waals surface area contributed by atoms with Crippen LogP contribution < -0.4 is 5.32 Å². The Hall–Kier alpha value is -2.17. The van der Waals surface area contributed by atoms with E-state index >= 15 is 0 Å². The van der Waals surface area contributed by atoms with Gasteiger partial charge < -0.3 is 5.32 Å². The van der Waals surface area contributed by atoms with Gasteiger partial charge in [-0.1, -0.05) is 25.7 Å². The maximum atomic E-state index is 12.2. The molecule has 3 rings (SSSR count). The molecule has 1 aromatic carbocycles. The first-order valence-electron chi connectivity index (χ1n) is 7.82. The van der Waals surface area contributed by atoms with E-state index in [1.807, 2.05) is 0 Å². The summed E-state index contributed by atoms with van der Waals surface area (Å²) >= 11 is 0. The fraction of sp³-hybridized carbons (Fsp3) is 0.471. The van der Waals surface area contributed by atoms with Gasteiger partial charge in [-0.05, 0) is 30.5 Å². The molecule has 0 spiro atoms. The fourth-order valence-electron chi connectivity index (χ4n) is 3.29. The van der Waals surface area contributed by atoms with E-state index in [0.717, 1.165) is 17.2 Å². The summed E-state index contributed by atoms with van der Waals surface area (Å²) < 4.78 is 0. The number of hydrogen-bond acceptors (Lipinski definition) is 3. The van der Waals surface area contributed by atoms with Crippen molar-refractivity contribution in [1.29, 1.82) is 0 Å². The molecule has 5 nitrogen and oxygen atoms in total. The van der Waals surface area contributed by atoms with Crippen LogP contribution in [0.4, 0.5) is 0 Å². The summed E-state index contributed by atoms with van der Waals surface area (Å²) in [4.78, 5) is 37.0. The molecule has 1 aliphatic carbocycles. The molecule has 1 aliphatic heterocycles. The molecule has 1 heterocycles. The number of carbonyl (C=O) groups excluding carboxylic acids is 3. The molecule has 3 amide bonds. The largest absolute Gasteiger partial charge is 0.352 e. The molecule has 0 saturated heterocycles. The average Bonchev–Trinajstić information content (AvgIpc) is 3.11. The van der Waals surface area contributed by atoms with E-state index in [0.29, 0.717) is 23.2 Å². The van der Waals surface area contributed by atoms with Gasteiger partial charge in [0.25, 0.3) is 17.7 Å². The molecule has 1 fully saturated rings. The third kappa shape index (κ3) is 2.63. The molecule has 0 unspecified atom stereocenters. The highest BCUT2D eigenvalue weighted by molar-refractivity contribution is 6.21. The lowest BCUT2D eigenvalue weighted by Crippen LogP contribution is -2.26. The summed E-state index contributed by atoms with van der Waals surface area (Å²) in [5, 5.41) is 2.91. The maximum Gasteiger partial charge on any atom is 0.261 e. The minimum absolute atomic E-state index is 0.185. The molecule has 5 heteroatoms. The smallest absolute Gasteiger partial charge is 0.261 e. The summed E-state index contributed by atoms with van der Waals surface area (Å²) in [5.41, 5.74) is 1.12. The van der Waals surface area contributed by atoms with E-state index in [2.05, 4.69) is 5.32 Å². The molecule has 1 N–H and O–H groups in total. The van der Waals surface area contributed by atoms with Gasteiger partial charge in [-0.3, -0.25) is 19.3 Å². The lowest BCUT2D eigenvalue weighted by atomic mass is 10.0. The van der Waals surface area contributed by atoms with E-state index in [9.17, 15) is 14.4 Å². The molecule has 1 saturated carbocycles. The Labute approximate surface area is 129 Å². The van der Waals surface area contributed by atoms with Gasteiger partial charge in [-0.2, -0.15) is 0 Å². The molecule has 116 valence electrons. The van der Waals surface area contributed by atoms with Crippen LogP contribution in [0.15, 0.2) is 18.2 Å². The normalized spacial score (nSPS) is 18.0. The second-order valence-electron chi connectivity index (χ2n) is 6.12. The SMILES string of the molecule is CN1C(=O)c2ccc(C(=O)NCCC3CCCC3)cc2C1=O. The maximum absolute atomic E-state index is 12.2. The Morgan fingerprint density at radius 2 is 1.86 bits per heavy atom. The quantitative estimate of drug-likeness (QED) is 0.867. The number of carbonyl (C=O) groups is 3. The highest BCUT2D eigenvalue weighted by atomic mass is 16.2. The highest BCUT2D eigenvalue weighted by Gasteiger charge is 2.33. The van der Waals surface area contributed by atoms with Gasteiger partial charge in [-0.25, -0.2) is 0 Å². The van der Waals surface area contributed by atoms with Gasteiger partial charge in [-0.15, -0.1) is 0 Å². The second-order valence-corrected chi connectivity index (χ2v) is 6.12. The Morgan fingerprint density at radius 3 is 2.59 bits per heavy atom. The third-order valence-corrected chi connectivity index (χ3v) is 4.66. The van der Waals surface area contributed by atoms with Crippen molar-refractivity contribution in [3.63, 3.8) is 0 Å². The number of nitrogens with one attached hydrogen (secondary N) is 1. The average molecular weight is 300 g/mol. The van der Waals surface area contributed by atoms with Crippen LogP contribution in [-0.2, 0) is 0 Å². The molecule has 0 aromatic heterocycles. The first-order valence-corrected chi connectivity index (χ1v) is 7.82. The van der Waals surface area contributed by atoms with E-state index in [1.54, 1.807) is 12.1 Å². The van der Waals surface area contributed by atoms with Crippen LogP contribution in [-0.4, -0.2) is 36.2 Å². The fourth-order valence-corrected chi connectivity index (χ4v) is 3.29. The van der Waals surface area contributed by atoms with Crippen LogP contribution in [0.2, 0.25) is 0 Å². The summed E-state index contributed by atoms with van der Waals surface area (Å²) in [7, 11) is 1.45. The number of nitrogens with zero attached hydrogens (tertiary/aromatic N) is 1. The van der Waals surface area contributed by atoms with E-state index in [1.165, 1.54) is 38.8 Å². The van der Waals surface area contributed by atoms with E-state index < -0.39 is 0 Å². The van der Waals surface area contributed by atoms with Crippen molar-refractivity contribution < 1.29 is 14.4 Å². The first kappa shape index (κ1) is 14.8. The molecular weight excluding hydrogens is 280 g/mol. The molecule has 0 bridgehead atoms. The van der Waals surface area contributed by atoms with E-state index in [-0.39, 0.29) is 17.7 Å². The predicted octanol–water partition coefficient (Wildman–Crippen LogP) is 2.22. The number of rotatable bonds is 4. The Kier molecular flexibility index (Phi) is 3.96. The van der Waals surface area contributed by atoms with Crippen molar-refractivity contribution in [2.75, 3.05) is 13.6 Å². The summed E-state index contributed by atoms with van der Waals surface area (Å²) in [6.45, 7) is 0.660. The minimum atomic E-state index is -0.347. The number of imide groups is 1. The van der Waals surface area contributed by atoms with Crippen molar-refractivity contribution in [3.05, 3.63) is 34.9 Å². The van der Waals surface area contributed by atoms with Crippen LogP contribution in [0.5, 0.6) is 0 Å². The standard InChI is InChI=1S/C17H20N2O3/c1-19-16(21)13-7-6-12(10-14(13)17(19)22)15(20)18-9-8-11-4-2-3-5-11/h6-7,10-11H,2-5,8-9H2,1H3,(H,18,20). The number of amides is 3. The summed E-state index contributed by atoms with van der Waals surface area (Å²) in [5.74, 6) is -0.113. The minimum Gasteiger partial charge on any atom is -0.352 e. The van der Waals surface area contributed by atoms with Gasteiger partial charge in [0.1, 0.15) is 0 Å². The lowest BCUT2D eigenvalue weighted by molar-refractivity contribution is 0.0693. The van der Waals surface area contributed by atoms with Crippen molar-refractivity contribution in [2.45, 2.75) is 32.1 Å². The summed E-state index contributed by atoms with van der Waals surface area (Å²) in [6.07, 6.45) is 6.13. The predicted molar refractivity (Wildman–Crippen MR) is 81.8 cm³/mol. The topological polar surface area (TPSA) is 66.5 Å². The molecule has 0 atom stereocenters. The molecular formula is C17H20N2O3. The van der Waals surface area contributed by atoms with Crippen LogP contribution in [0.3, 0.4) is 0 Å². The number of fused-ring (bicyclic) bond motifs is 1. The zero-order valence-corrected chi connectivity index (χ0v) is 12.7. The van der Waals surface area contributed by atoms with Crippen LogP contribution in [0.25, 0.3) is 0 Å². The van der Waals surface area contributed by atoms with Gasteiger partial charge in [0.05, 0.1) is 11.1 Å². The van der Waals surface area contributed by atoms with Crippen molar-refractivity contribution in [1.82, 2.24) is 10.2 Å². The van der Waals surface area contributed by atoms with Crippen molar-refractivity contribution in [2.24, 2.45) is 5.92 Å². The van der Waals surface area contributed by atoms with Crippen LogP contribution in [0, 0.1) is 5.92 Å². The zero-order chi connectivity index (χ0) is 15.7.